The second-order valence-electron chi connectivity index (χ2n) is 5.70. The molecule has 3 aromatic heterocycles. The summed E-state index contributed by atoms with van der Waals surface area (Å²) >= 11 is 1.69. The molecule has 1 saturated heterocycles. The van der Waals surface area contributed by atoms with Crippen molar-refractivity contribution in [2.45, 2.75) is 39.0 Å². The van der Waals surface area contributed by atoms with Crippen LogP contribution in [0.5, 0.6) is 0 Å². The van der Waals surface area contributed by atoms with Crippen LogP contribution in [-0.4, -0.2) is 32.2 Å². The maximum atomic E-state index is 5.96. The van der Waals surface area contributed by atoms with Gasteiger partial charge in [-0.1, -0.05) is 0 Å². The Labute approximate surface area is 138 Å². The summed E-state index contributed by atoms with van der Waals surface area (Å²) in [4.78, 5) is 15.6. The Balaban J connectivity index is 1.64. The highest BCUT2D eigenvalue weighted by molar-refractivity contribution is 7.18. The lowest BCUT2D eigenvalue weighted by atomic mass is 10.1. The molecule has 0 amide bonds. The van der Waals surface area contributed by atoms with Gasteiger partial charge in [0.05, 0.1) is 11.4 Å². The number of hydrogen-bond acceptors (Lipinski definition) is 6. The molecule has 0 spiro atoms. The highest BCUT2D eigenvalue weighted by atomic mass is 32.1. The largest absolute Gasteiger partial charge is 0.368 e. The first-order valence-corrected chi connectivity index (χ1v) is 8.68. The molecule has 1 fully saturated rings. The highest BCUT2D eigenvalue weighted by Gasteiger charge is 2.33. The zero-order chi connectivity index (χ0) is 15.8. The first-order chi connectivity index (χ1) is 11.3. The third-order valence-electron chi connectivity index (χ3n) is 4.21. The number of aromatic nitrogens is 4. The van der Waals surface area contributed by atoms with E-state index < -0.39 is 0 Å². The van der Waals surface area contributed by atoms with Crippen molar-refractivity contribution in [3.05, 3.63) is 35.5 Å². The van der Waals surface area contributed by atoms with Crippen LogP contribution in [0.25, 0.3) is 10.2 Å². The normalized spacial score (nSPS) is 21.1. The van der Waals surface area contributed by atoms with E-state index in [0.29, 0.717) is 0 Å². The molecule has 0 aliphatic carbocycles. The standard InChI is InChI=1S/C16H19N5OS/c1-3-21-6-5-17-15(21)13-12(4-7-22-13)20-14-11-8-10(2)23-16(11)19-9-18-14/h5-6,8-9,12-13H,3-4,7H2,1-2H3,(H,18,19,20)/t12-,13-/m0/s1. The summed E-state index contributed by atoms with van der Waals surface area (Å²) < 4.78 is 8.09. The first-order valence-electron chi connectivity index (χ1n) is 7.86. The van der Waals surface area contributed by atoms with E-state index in [9.17, 15) is 0 Å². The van der Waals surface area contributed by atoms with Crippen LogP contribution in [0, 0.1) is 6.92 Å². The predicted octanol–water partition coefficient (Wildman–Crippen LogP) is 3.16. The third-order valence-corrected chi connectivity index (χ3v) is 5.17. The average molecular weight is 329 g/mol. The van der Waals surface area contributed by atoms with Gasteiger partial charge in [-0.3, -0.25) is 0 Å². The van der Waals surface area contributed by atoms with E-state index >= 15 is 0 Å². The average Bonchev–Trinajstić information content (AvgIpc) is 3.24. The van der Waals surface area contributed by atoms with Crippen LogP contribution in [-0.2, 0) is 11.3 Å². The lowest BCUT2D eigenvalue weighted by Gasteiger charge is -2.21. The summed E-state index contributed by atoms with van der Waals surface area (Å²) in [5.74, 6) is 1.86. The van der Waals surface area contributed by atoms with Crippen LogP contribution in [0.3, 0.4) is 0 Å². The van der Waals surface area contributed by atoms with Crippen LogP contribution >= 0.6 is 11.3 Å². The molecule has 1 aliphatic heterocycles. The zero-order valence-electron chi connectivity index (χ0n) is 13.2. The topological polar surface area (TPSA) is 64.9 Å². The van der Waals surface area contributed by atoms with Gasteiger partial charge >= 0.3 is 0 Å². The van der Waals surface area contributed by atoms with Crippen LogP contribution in [0.15, 0.2) is 24.8 Å². The minimum Gasteiger partial charge on any atom is -0.368 e. The Bertz CT molecular complexity index is 827. The Morgan fingerprint density at radius 1 is 1.39 bits per heavy atom. The van der Waals surface area contributed by atoms with Crippen molar-refractivity contribution >= 4 is 27.4 Å². The van der Waals surface area contributed by atoms with E-state index in [4.69, 9.17) is 4.74 Å². The van der Waals surface area contributed by atoms with Crippen molar-refractivity contribution in [2.75, 3.05) is 11.9 Å². The van der Waals surface area contributed by atoms with E-state index in [-0.39, 0.29) is 12.1 Å². The van der Waals surface area contributed by atoms with Gasteiger partial charge in [-0.15, -0.1) is 11.3 Å². The molecule has 0 saturated carbocycles. The smallest absolute Gasteiger partial charge is 0.140 e. The van der Waals surface area contributed by atoms with Gasteiger partial charge in [0.1, 0.15) is 28.9 Å². The summed E-state index contributed by atoms with van der Waals surface area (Å²) in [7, 11) is 0. The lowest BCUT2D eigenvalue weighted by Crippen LogP contribution is -2.26. The Morgan fingerprint density at radius 2 is 2.30 bits per heavy atom. The second kappa shape index (κ2) is 5.90. The molecule has 0 aromatic carbocycles. The van der Waals surface area contributed by atoms with E-state index in [2.05, 4.69) is 44.7 Å². The third kappa shape index (κ3) is 2.60. The van der Waals surface area contributed by atoms with Gasteiger partial charge in [0.15, 0.2) is 0 Å². The molecule has 3 aromatic rings. The molecule has 4 rings (SSSR count). The maximum Gasteiger partial charge on any atom is 0.140 e. The predicted molar refractivity (Wildman–Crippen MR) is 90.8 cm³/mol. The monoisotopic (exact) mass is 329 g/mol. The van der Waals surface area contributed by atoms with Crippen LogP contribution in [0.2, 0.25) is 0 Å². The SMILES string of the molecule is CCn1ccnc1[C@H]1OCC[C@@H]1Nc1ncnc2sc(C)cc12. The molecule has 23 heavy (non-hydrogen) atoms. The van der Waals surface area contributed by atoms with E-state index in [1.54, 1.807) is 17.7 Å². The number of aryl methyl sites for hydroxylation is 2. The fourth-order valence-electron chi connectivity index (χ4n) is 3.10. The number of imidazole rings is 1. The van der Waals surface area contributed by atoms with Crippen molar-refractivity contribution in [3.63, 3.8) is 0 Å². The number of fused-ring (bicyclic) bond motifs is 1. The Hall–Kier alpha value is -1.99. The van der Waals surface area contributed by atoms with Crippen LogP contribution < -0.4 is 5.32 Å². The molecule has 4 heterocycles. The second-order valence-corrected chi connectivity index (χ2v) is 6.94. The van der Waals surface area contributed by atoms with Gasteiger partial charge in [0.2, 0.25) is 0 Å². The quantitative estimate of drug-likeness (QED) is 0.796. The minimum atomic E-state index is -0.0466. The molecule has 0 bridgehead atoms. The zero-order valence-corrected chi connectivity index (χ0v) is 14.0. The number of rotatable bonds is 4. The molecule has 6 nitrogen and oxygen atoms in total. The number of hydrogen-bond donors (Lipinski definition) is 1. The highest BCUT2D eigenvalue weighted by Crippen LogP contribution is 2.33. The molecule has 1 aliphatic rings. The van der Waals surface area contributed by atoms with Gasteiger partial charge in [-0.25, -0.2) is 15.0 Å². The molecule has 0 unspecified atom stereocenters. The van der Waals surface area contributed by atoms with Crippen molar-refractivity contribution < 1.29 is 4.74 Å². The fraction of sp³-hybridized carbons (Fsp3) is 0.438. The molecule has 7 heteroatoms. The molecular weight excluding hydrogens is 310 g/mol. The summed E-state index contributed by atoms with van der Waals surface area (Å²) in [5, 5.41) is 4.65. The summed E-state index contributed by atoms with van der Waals surface area (Å²) in [6, 6.07) is 2.31. The summed E-state index contributed by atoms with van der Waals surface area (Å²) in [6.07, 6.45) is 6.35. The van der Waals surface area contributed by atoms with Gasteiger partial charge in [-0.2, -0.15) is 0 Å². The Kier molecular flexibility index (Phi) is 3.74. The number of nitrogens with zero attached hydrogens (tertiary/aromatic N) is 4. The van der Waals surface area contributed by atoms with Crippen molar-refractivity contribution in [1.29, 1.82) is 0 Å². The fourth-order valence-corrected chi connectivity index (χ4v) is 3.95. The Morgan fingerprint density at radius 3 is 3.17 bits per heavy atom. The molecular formula is C16H19N5OS. The first kappa shape index (κ1) is 14.6. The summed E-state index contributed by atoms with van der Waals surface area (Å²) in [6.45, 7) is 5.83. The number of nitrogens with one attached hydrogen (secondary N) is 1. The van der Waals surface area contributed by atoms with Crippen molar-refractivity contribution in [1.82, 2.24) is 19.5 Å². The maximum absolute atomic E-state index is 5.96. The van der Waals surface area contributed by atoms with Gasteiger partial charge < -0.3 is 14.6 Å². The van der Waals surface area contributed by atoms with E-state index in [1.807, 2.05) is 12.4 Å². The summed E-state index contributed by atoms with van der Waals surface area (Å²) in [5.41, 5.74) is 0. The van der Waals surface area contributed by atoms with Crippen molar-refractivity contribution in [3.8, 4) is 0 Å². The van der Waals surface area contributed by atoms with Gasteiger partial charge in [0.25, 0.3) is 0 Å². The van der Waals surface area contributed by atoms with Crippen LogP contribution in [0.4, 0.5) is 5.82 Å². The lowest BCUT2D eigenvalue weighted by molar-refractivity contribution is 0.0976. The van der Waals surface area contributed by atoms with Crippen LogP contribution in [0.1, 0.15) is 30.2 Å². The number of ether oxygens (including phenoxy) is 1. The molecule has 120 valence electrons. The molecule has 2 atom stereocenters. The van der Waals surface area contributed by atoms with Gasteiger partial charge in [0, 0.05) is 30.4 Å². The minimum absolute atomic E-state index is 0.0466. The molecule has 1 N–H and O–H groups in total. The van der Waals surface area contributed by atoms with Gasteiger partial charge in [-0.05, 0) is 26.3 Å². The van der Waals surface area contributed by atoms with Crippen molar-refractivity contribution in [2.24, 2.45) is 0 Å². The molecule has 0 radical (unpaired) electrons. The number of thiophene rings is 1. The van der Waals surface area contributed by atoms with E-state index in [1.165, 1.54) is 4.88 Å². The van der Waals surface area contributed by atoms with E-state index in [0.717, 1.165) is 41.4 Å². The number of anilines is 1.